The number of hydrogen-bond acceptors (Lipinski definition) is 3. The Morgan fingerprint density at radius 2 is 2.07 bits per heavy atom. The maximum absolute atomic E-state index is 4.21. The predicted molar refractivity (Wildman–Crippen MR) is 58.8 cm³/mol. The van der Waals surface area contributed by atoms with Crippen LogP contribution in [0.5, 0.6) is 0 Å². The van der Waals surface area contributed by atoms with Crippen molar-refractivity contribution in [1.82, 2.24) is 9.97 Å². The van der Waals surface area contributed by atoms with Crippen molar-refractivity contribution in [1.29, 1.82) is 0 Å². The maximum atomic E-state index is 4.21. The van der Waals surface area contributed by atoms with Gasteiger partial charge in [-0.05, 0) is 5.56 Å². The minimum absolute atomic E-state index is 0.391. The normalized spacial score (nSPS) is 18.3. The van der Waals surface area contributed by atoms with Crippen molar-refractivity contribution >= 4 is 5.82 Å². The zero-order chi connectivity index (χ0) is 10.1. The summed E-state index contributed by atoms with van der Waals surface area (Å²) >= 11 is 0. The Morgan fingerprint density at radius 1 is 1.20 bits per heavy atom. The van der Waals surface area contributed by atoms with Crippen LogP contribution in [0.4, 0.5) is 5.82 Å². The van der Waals surface area contributed by atoms with E-state index in [1.54, 1.807) is 6.33 Å². The molecule has 0 aliphatic carbocycles. The SMILES string of the molecule is c1ccc(C2CNc3ncncc32)cc1. The number of anilines is 1. The van der Waals surface area contributed by atoms with Gasteiger partial charge in [0.2, 0.25) is 0 Å². The van der Waals surface area contributed by atoms with Crippen molar-refractivity contribution in [2.75, 3.05) is 11.9 Å². The average molecular weight is 197 g/mol. The molecule has 3 rings (SSSR count). The van der Waals surface area contributed by atoms with E-state index in [2.05, 4.69) is 39.6 Å². The molecule has 3 heteroatoms. The maximum Gasteiger partial charge on any atom is 0.133 e. The fourth-order valence-corrected chi connectivity index (χ4v) is 2.03. The van der Waals surface area contributed by atoms with Crippen LogP contribution in [0.1, 0.15) is 17.0 Å². The topological polar surface area (TPSA) is 37.8 Å². The Kier molecular flexibility index (Phi) is 1.88. The van der Waals surface area contributed by atoms with E-state index < -0.39 is 0 Å². The average Bonchev–Trinajstić information content (AvgIpc) is 2.74. The van der Waals surface area contributed by atoms with E-state index in [-0.39, 0.29) is 0 Å². The molecule has 15 heavy (non-hydrogen) atoms. The third-order valence-electron chi connectivity index (χ3n) is 2.79. The summed E-state index contributed by atoms with van der Waals surface area (Å²) in [4.78, 5) is 8.29. The number of nitrogens with one attached hydrogen (secondary N) is 1. The fraction of sp³-hybridized carbons (Fsp3) is 0.167. The molecule has 1 aromatic heterocycles. The minimum atomic E-state index is 0.391. The molecule has 2 heterocycles. The second-order valence-corrected chi connectivity index (χ2v) is 3.67. The first-order valence-corrected chi connectivity index (χ1v) is 5.04. The van der Waals surface area contributed by atoms with Crippen molar-refractivity contribution in [2.45, 2.75) is 5.92 Å². The summed E-state index contributed by atoms with van der Waals surface area (Å²) in [6, 6.07) is 10.5. The minimum Gasteiger partial charge on any atom is -0.369 e. The van der Waals surface area contributed by atoms with Gasteiger partial charge >= 0.3 is 0 Å². The highest BCUT2D eigenvalue weighted by molar-refractivity contribution is 5.54. The van der Waals surface area contributed by atoms with Gasteiger partial charge in [0, 0.05) is 24.2 Å². The number of nitrogens with zero attached hydrogens (tertiary/aromatic N) is 2. The van der Waals surface area contributed by atoms with Crippen LogP contribution in [-0.2, 0) is 0 Å². The first-order chi connectivity index (χ1) is 7.45. The third kappa shape index (κ3) is 1.36. The molecule has 0 bridgehead atoms. The van der Waals surface area contributed by atoms with Crippen molar-refractivity contribution in [3.8, 4) is 0 Å². The van der Waals surface area contributed by atoms with E-state index in [1.807, 2.05) is 12.3 Å². The molecular formula is C12H11N3. The van der Waals surface area contributed by atoms with Crippen molar-refractivity contribution in [3.63, 3.8) is 0 Å². The first kappa shape index (κ1) is 8.41. The van der Waals surface area contributed by atoms with Crippen LogP contribution in [0.2, 0.25) is 0 Å². The van der Waals surface area contributed by atoms with Crippen molar-refractivity contribution in [3.05, 3.63) is 54.0 Å². The predicted octanol–water partition coefficient (Wildman–Crippen LogP) is 2.03. The number of benzene rings is 1. The molecule has 1 aliphatic rings. The molecule has 2 aromatic rings. The monoisotopic (exact) mass is 197 g/mol. The molecule has 0 saturated heterocycles. The van der Waals surface area contributed by atoms with Crippen LogP contribution in [0.15, 0.2) is 42.9 Å². The quantitative estimate of drug-likeness (QED) is 0.760. The number of fused-ring (bicyclic) bond motifs is 1. The second kappa shape index (κ2) is 3.35. The van der Waals surface area contributed by atoms with E-state index in [4.69, 9.17) is 0 Å². The van der Waals surface area contributed by atoms with E-state index in [0.717, 1.165) is 12.4 Å². The molecule has 0 spiro atoms. The zero-order valence-electron chi connectivity index (χ0n) is 8.22. The van der Waals surface area contributed by atoms with Crippen LogP contribution in [0.3, 0.4) is 0 Å². The molecule has 3 nitrogen and oxygen atoms in total. The summed E-state index contributed by atoms with van der Waals surface area (Å²) in [7, 11) is 0. The van der Waals surface area contributed by atoms with Crippen LogP contribution in [-0.4, -0.2) is 16.5 Å². The van der Waals surface area contributed by atoms with E-state index in [0.29, 0.717) is 5.92 Å². The lowest BCUT2D eigenvalue weighted by atomic mass is 9.95. The van der Waals surface area contributed by atoms with Crippen LogP contribution in [0.25, 0.3) is 0 Å². The summed E-state index contributed by atoms with van der Waals surface area (Å²) in [5.74, 6) is 1.36. The van der Waals surface area contributed by atoms with Crippen LogP contribution >= 0.6 is 0 Å². The van der Waals surface area contributed by atoms with Gasteiger partial charge < -0.3 is 5.32 Å². The van der Waals surface area contributed by atoms with Gasteiger partial charge in [-0.2, -0.15) is 0 Å². The Balaban J connectivity index is 2.05. The van der Waals surface area contributed by atoms with Gasteiger partial charge in [0.15, 0.2) is 0 Å². The fourth-order valence-electron chi connectivity index (χ4n) is 2.03. The summed E-state index contributed by atoms with van der Waals surface area (Å²) in [6.07, 6.45) is 3.49. The van der Waals surface area contributed by atoms with Gasteiger partial charge in [0.1, 0.15) is 12.1 Å². The van der Waals surface area contributed by atoms with Gasteiger partial charge in [-0.15, -0.1) is 0 Å². The molecule has 0 radical (unpaired) electrons. The lowest BCUT2D eigenvalue weighted by Crippen LogP contribution is -2.03. The van der Waals surface area contributed by atoms with Crippen LogP contribution < -0.4 is 5.32 Å². The third-order valence-corrected chi connectivity index (χ3v) is 2.79. The van der Waals surface area contributed by atoms with E-state index >= 15 is 0 Å². The van der Waals surface area contributed by atoms with Crippen molar-refractivity contribution < 1.29 is 0 Å². The summed E-state index contributed by atoms with van der Waals surface area (Å²) in [5, 5.41) is 3.30. The molecule has 0 saturated carbocycles. The molecule has 1 atom stereocenters. The van der Waals surface area contributed by atoms with Gasteiger partial charge in [0.25, 0.3) is 0 Å². The number of aromatic nitrogens is 2. The van der Waals surface area contributed by atoms with Crippen LogP contribution in [0, 0.1) is 0 Å². The largest absolute Gasteiger partial charge is 0.369 e. The Morgan fingerprint density at radius 3 is 2.93 bits per heavy atom. The highest BCUT2D eigenvalue weighted by atomic mass is 15.0. The van der Waals surface area contributed by atoms with Gasteiger partial charge in [-0.1, -0.05) is 30.3 Å². The summed E-state index contributed by atoms with van der Waals surface area (Å²) in [5.41, 5.74) is 2.52. The highest BCUT2D eigenvalue weighted by Crippen LogP contribution is 2.33. The molecular weight excluding hydrogens is 186 g/mol. The number of rotatable bonds is 1. The summed E-state index contributed by atoms with van der Waals surface area (Å²) < 4.78 is 0. The van der Waals surface area contributed by atoms with Gasteiger partial charge in [-0.25, -0.2) is 9.97 Å². The zero-order valence-corrected chi connectivity index (χ0v) is 8.22. The molecule has 1 N–H and O–H groups in total. The highest BCUT2D eigenvalue weighted by Gasteiger charge is 2.24. The van der Waals surface area contributed by atoms with Gasteiger partial charge in [0.05, 0.1) is 0 Å². The van der Waals surface area contributed by atoms with E-state index in [1.165, 1.54) is 11.1 Å². The Labute approximate surface area is 88.2 Å². The second-order valence-electron chi connectivity index (χ2n) is 3.67. The molecule has 74 valence electrons. The summed E-state index contributed by atoms with van der Waals surface area (Å²) in [6.45, 7) is 0.915. The molecule has 1 aliphatic heterocycles. The lowest BCUT2D eigenvalue weighted by Gasteiger charge is -2.08. The lowest BCUT2D eigenvalue weighted by molar-refractivity contribution is 0.900. The molecule has 0 amide bonds. The standard InChI is InChI=1S/C12H11N3/c1-2-4-9(5-3-1)10-7-14-12-11(10)6-13-8-15-12/h1-6,8,10H,7H2,(H,13,14,15). The van der Waals surface area contributed by atoms with Crippen molar-refractivity contribution in [2.24, 2.45) is 0 Å². The first-order valence-electron chi connectivity index (χ1n) is 5.04. The number of hydrogen-bond donors (Lipinski definition) is 1. The molecule has 0 fully saturated rings. The molecule has 1 unspecified atom stereocenters. The van der Waals surface area contributed by atoms with Gasteiger partial charge in [-0.3, -0.25) is 0 Å². The Hall–Kier alpha value is -1.90. The van der Waals surface area contributed by atoms with E-state index in [9.17, 15) is 0 Å². The molecule has 1 aromatic carbocycles. The smallest absolute Gasteiger partial charge is 0.133 e. The Bertz CT molecular complexity index is 467.